The Balaban J connectivity index is 1.44. The molecule has 1 amide bonds. The number of likely N-dealkylation sites (tertiary alicyclic amines) is 1. The first-order valence-corrected chi connectivity index (χ1v) is 11.0. The molecule has 0 atom stereocenters. The summed E-state index contributed by atoms with van der Waals surface area (Å²) in [5, 5.41) is 3.16. The number of rotatable bonds is 7. The molecule has 1 fully saturated rings. The number of pyridine rings is 1. The van der Waals surface area contributed by atoms with Gasteiger partial charge in [-0.1, -0.05) is 37.3 Å². The van der Waals surface area contributed by atoms with Crippen LogP contribution in [-0.2, 0) is 6.54 Å². The van der Waals surface area contributed by atoms with Crippen molar-refractivity contribution in [2.24, 2.45) is 0 Å². The van der Waals surface area contributed by atoms with E-state index < -0.39 is 0 Å². The Kier molecular flexibility index (Phi) is 6.34. The Morgan fingerprint density at radius 2 is 1.90 bits per heavy atom. The number of aromatic nitrogens is 3. The first kappa shape index (κ1) is 21.5. The first-order valence-electron chi connectivity index (χ1n) is 11.0. The summed E-state index contributed by atoms with van der Waals surface area (Å²) in [7, 11) is 4.22. The summed E-state index contributed by atoms with van der Waals surface area (Å²) in [6.07, 6.45) is 5.54. The van der Waals surface area contributed by atoms with Gasteiger partial charge in [0.1, 0.15) is 5.52 Å². The summed E-state index contributed by atoms with van der Waals surface area (Å²) in [5.41, 5.74) is 3.26. The van der Waals surface area contributed by atoms with E-state index in [4.69, 9.17) is 0 Å². The maximum Gasteiger partial charge on any atom is 0.252 e. The molecule has 7 nitrogen and oxygen atoms in total. The van der Waals surface area contributed by atoms with Crippen LogP contribution in [0.4, 0.5) is 0 Å². The topological polar surface area (TPSA) is 66.3 Å². The van der Waals surface area contributed by atoms with Crippen molar-refractivity contribution in [2.75, 3.05) is 40.3 Å². The Hall–Kier alpha value is -2.77. The molecule has 0 bridgehead atoms. The van der Waals surface area contributed by atoms with Crippen LogP contribution in [-0.4, -0.2) is 76.1 Å². The van der Waals surface area contributed by atoms with Crippen molar-refractivity contribution >= 4 is 17.1 Å². The maximum absolute atomic E-state index is 12.9. The SMILES string of the molecule is CCN1CCC(CNC(=O)c2cnc3c(c2)ncn3Cc2ccccc2)(N(C)C)CC1. The molecule has 164 valence electrons. The molecule has 0 spiro atoms. The highest BCUT2D eigenvalue weighted by Crippen LogP contribution is 2.26. The van der Waals surface area contributed by atoms with E-state index >= 15 is 0 Å². The van der Waals surface area contributed by atoms with Crippen LogP contribution in [0.5, 0.6) is 0 Å². The minimum Gasteiger partial charge on any atom is -0.350 e. The number of hydrogen-bond donors (Lipinski definition) is 1. The van der Waals surface area contributed by atoms with Crippen molar-refractivity contribution < 1.29 is 4.79 Å². The second kappa shape index (κ2) is 9.16. The maximum atomic E-state index is 12.9. The quantitative estimate of drug-likeness (QED) is 0.637. The number of benzene rings is 1. The number of carbonyl (C=O) groups excluding carboxylic acids is 1. The van der Waals surface area contributed by atoms with Gasteiger partial charge in [0.25, 0.3) is 5.91 Å². The summed E-state index contributed by atoms with van der Waals surface area (Å²) in [5.74, 6) is -0.0915. The fourth-order valence-electron chi connectivity index (χ4n) is 4.38. The van der Waals surface area contributed by atoms with Gasteiger partial charge in [0, 0.05) is 18.3 Å². The number of fused-ring (bicyclic) bond motifs is 1. The average molecular weight is 421 g/mol. The fraction of sp³-hybridized carbons (Fsp3) is 0.458. The zero-order chi connectivity index (χ0) is 21.8. The predicted molar refractivity (Wildman–Crippen MR) is 123 cm³/mol. The molecule has 3 heterocycles. The number of nitrogens with one attached hydrogen (secondary N) is 1. The van der Waals surface area contributed by atoms with Gasteiger partial charge in [-0.2, -0.15) is 0 Å². The molecule has 31 heavy (non-hydrogen) atoms. The molecule has 1 aliphatic heterocycles. The molecular weight excluding hydrogens is 388 g/mol. The normalized spacial score (nSPS) is 16.6. The summed E-state index contributed by atoms with van der Waals surface area (Å²) >= 11 is 0. The van der Waals surface area contributed by atoms with Crippen LogP contribution in [0.1, 0.15) is 35.7 Å². The highest BCUT2D eigenvalue weighted by Gasteiger charge is 2.36. The lowest BCUT2D eigenvalue weighted by atomic mass is 9.86. The van der Waals surface area contributed by atoms with Gasteiger partial charge in [-0.15, -0.1) is 0 Å². The van der Waals surface area contributed by atoms with Crippen LogP contribution in [0, 0.1) is 0 Å². The highest BCUT2D eigenvalue weighted by atomic mass is 16.1. The molecule has 2 aromatic heterocycles. The van der Waals surface area contributed by atoms with Gasteiger partial charge in [0.05, 0.1) is 18.4 Å². The summed E-state index contributed by atoms with van der Waals surface area (Å²) < 4.78 is 2.01. The molecule has 7 heteroatoms. The molecular formula is C24H32N6O. The van der Waals surface area contributed by atoms with Crippen molar-refractivity contribution in [2.45, 2.75) is 31.8 Å². The molecule has 1 saturated heterocycles. The predicted octanol–water partition coefficient (Wildman–Crippen LogP) is 2.63. The van der Waals surface area contributed by atoms with Crippen LogP contribution in [0.15, 0.2) is 48.9 Å². The molecule has 1 aromatic carbocycles. The van der Waals surface area contributed by atoms with Crippen molar-refractivity contribution in [3.63, 3.8) is 0 Å². The lowest BCUT2D eigenvalue weighted by molar-refractivity contribution is 0.0548. The van der Waals surface area contributed by atoms with Crippen LogP contribution < -0.4 is 5.32 Å². The fourth-order valence-corrected chi connectivity index (χ4v) is 4.38. The molecule has 0 saturated carbocycles. The third-order valence-electron chi connectivity index (χ3n) is 6.67. The standard InChI is InChI=1S/C24H32N6O/c1-4-29-12-10-24(11-13-29,28(2)3)17-26-23(31)20-14-21-22(25-15-20)30(18-27-21)16-19-8-6-5-7-9-19/h5-9,14-15,18H,4,10-13,16-17H2,1-3H3,(H,26,31). The number of imidazole rings is 1. The van der Waals surface area contributed by atoms with Crippen LogP contribution in [0.25, 0.3) is 11.2 Å². The Bertz CT molecular complexity index is 1020. The van der Waals surface area contributed by atoms with E-state index in [1.54, 1.807) is 12.5 Å². The van der Waals surface area contributed by atoms with E-state index in [1.807, 2.05) is 28.8 Å². The number of likely N-dealkylation sites (N-methyl/N-ethyl adjacent to an activating group) is 1. The highest BCUT2D eigenvalue weighted by molar-refractivity contribution is 5.96. The molecule has 0 unspecified atom stereocenters. The third kappa shape index (κ3) is 4.62. The monoisotopic (exact) mass is 420 g/mol. The molecule has 0 radical (unpaired) electrons. The first-order chi connectivity index (χ1) is 15.0. The van der Waals surface area contributed by atoms with Crippen molar-refractivity contribution in [1.29, 1.82) is 0 Å². The van der Waals surface area contributed by atoms with Crippen LogP contribution >= 0.6 is 0 Å². The smallest absolute Gasteiger partial charge is 0.252 e. The zero-order valence-electron chi connectivity index (χ0n) is 18.7. The lowest BCUT2D eigenvalue weighted by Crippen LogP contribution is -2.58. The molecule has 1 N–H and O–H groups in total. The molecule has 1 aliphatic rings. The minimum absolute atomic E-state index is 0.00385. The van der Waals surface area contributed by atoms with E-state index in [2.05, 4.69) is 58.2 Å². The number of carbonyl (C=O) groups is 1. The number of nitrogens with zero attached hydrogens (tertiary/aromatic N) is 5. The van der Waals surface area contributed by atoms with E-state index in [9.17, 15) is 4.79 Å². The Labute approximate surface area is 184 Å². The largest absolute Gasteiger partial charge is 0.350 e. The van der Waals surface area contributed by atoms with Crippen molar-refractivity contribution in [1.82, 2.24) is 29.7 Å². The minimum atomic E-state index is -0.0915. The van der Waals surface area contributed by atoms with E-state index in [0.29, 0.717) is 18.7 Å². The summed E-state index contributed by atoms with van der Waals surface area (Å²) in [6, 6.07) is 12.1. The van der Waals surface area contributed by atoms with Gasteiger partial charge in [-0.25, -0.2) is 9.97 Å². The van der Waals surface area contributed by atoms with Crippen molar-refractivity contribution in [3.8, 4) is 0 Å². The van der Waals surface area contributed by atoms with E-state index in [1.165, 1.54) is 5.56 Å². The summed E-state index contributed by atoms with van der Waals surface area (Å²) in [4.78, 5) is 26.7. The Morgan fingerprint density at radius 3 is 2.58 bits per heavy atom. The molecule has 0 aliphatic carbocycles. The van der Waals surface area contributed by atoms with Gasteiger partial charge in [-0.05, 0) is 58.2 Å². The molecule has 4 rings (SSSR count). The zero-order valence-corrected chi connectivity index (χ0v) is 18.7. The number of amides is 1. The van der Waals surface area contributed by atoms with Gasteiger partial charge in [-0.3, -0.25) is 4.79 Å². The second-order valence-electron chi connectivity index (χ2n) is 8.66. The van der Waals surface area contributed by atoms with Gasteiger partial charge in [0.2, 0.25) is 0 Å². The summed E-state index contributed by atoms with van der Waals surface area (Å²) in [6.45, 7) is 6.76. The third-order valence-corrected chi connectivity index (χ3v) is 6.67. The van der Waals surface area contributed by atoms with Crippen molar-refractivity contribution in [3.05, 3.63) is 60.0 Å². The van der Waals surface area contributed by atoms with Gasteiger partial charge < -0.3 is 19.7 Å². The van der Waals surface area contributed by atoms with Crippen LogP contribution in [0.3, 0.4) is 0 Å². The number of hydrogen-bond acceptors (Lipinski definition) is 5. The number of piperidine rings is 1. The van der Waals surface area contributed by atoms with E-state index in [0.717, 1.165) is 43.6 Å². The Morgan fingerprint density at radius 1 is 1.16 bits per heavy atom. The lowest BCUT2D eigenvalue weighted by Gasteiger charge is -2.46. The van der Waals surface area contributed by atoms with Gasteiger partial charge >= 0.3 is 0 Å². The second-order valence-corrected chi connectivity index (χ2v) is 8.66. The average Bonchev–Trinajstić information content (AvgIpc) is 3.20. The van der Waals surface area contributed by atoms with Crippen LogP contribution in [0.2, 0.25) is 0 Å². The van der Waals surface area contributed by atoms with E-state index in [-0.39, 0.29) is 11.4 Å². The van der Waals surface area contributed by atoms with Gasteiger partial charge in [0.15, 0.2) is 5.65 Å². The molecule has 3 aromatic rings.